The minimum Gasteiger partial charge on any atom is -0.481 e. The molecule has 0 aromatic carbocycles. The van der Waals surface area contributed by atoms with Crippen molar-refractivity contribution in [1.82, 2.24) is 4.37 Å². The number of halogens is 2. The Kier molecular flexibility index (Phi) is 3.53. The largest absolute Gasteiger partial charge is 0.481 e. The van der Waals surface area contributed by atoms with Crippen LogP contribution in [-0.4, -0.2) is 9.48 Å². The average molecular weight is 276 g/mol. The lowest BCUT2D eigenvalue weighted by atomic mass is 10.3. The molecule has 1 aromatic heterocycles. The average Bonchev–Trinajstić information content (AvgIpc) is 2.89. The smallest absolute Gasteiger partial charge is 0.284 e. The van der Waals surface area contributed by atoms with E-state index in [1.54, 1.807) is 12.2 Å². The first-order valence-corrected chi connectivity index (χ1v) is 5.91. The summed E-state index contributed by atoms with van der Waals surface area (Å²) in [6.07, 6.45) is 7.10. The molecule has 2 rings (SSSR count). The molecule has 16 heavy (non-hydrogen) atoms. The second kappa shape index (κ2) is 4.91. The van der Waals surface area contributed by atoms with Crippen LogP contribution in [0.2, 0.25) is 9.36 Å². The monoisotopic (exact) mass is 275 g/mol. The van der Waals surface area contributed by atoms with Crippen molar-refractivity contribution < 1.29 is 9.84 Å². The molecule has 1 aliphatic rings. The third kappa shape index (κ3) is 2.40. The number of allylic oxidation sites excluding steroid dienone is 5. The lowest BCUT2D eigenvalue weighted by molar-refractivity contribution is 0.0794. The minimum atomic E-state index is -0.148. The maximum atomic E-state index is 9.56. The number of aliphatic hydroxyl groups excluding tert-OH is 1. The Morgan fingerprint density at radius 1 is 1.38 bits per heavy atom. The molecule has 0 radical (unpaired) electrons. The van der Waals surface area contributed by atoms with Gasteiger partial charge in [0, 0.05) is 0 Å². The number of aromatic nitrogens is 1. The van der Waals surface area contributed by atoms with E-state index < -0.39 is 0 Å². The first-order chi connectivity index (χ1) is 7.68. The highest BCUT2D eigenvalue weighted by molar-refractivity contribution is 7.11. The number of hydrogen-bond acceptors (Lipinski definition) is 4. The van der Waals surface area contributed by atoms with E-state index in [1.165, 1.54) is 0 Å². The van der Waals surface area contributed by atoms with E-state index in [4.69, 9.17) is 27.9 Å². The molecule has 0 spiro atoms. The van der Waals surface area contributed by atoms with Gasteiger partial charge in [0.1, 0.15) is 16.6 Å². The van der Waals surface area contributed by atoms with E-state index in [2.05, 4.69) is 4.37 Å². The highest BCUT2D eigenvalue weighted by Gasteiger charge is 2.11. The Balaban J connectivity index is 2.03. The van der Waals surface area contributed by atoms with Crippen molar-refractivity contribution in [3.63, 3.8) is 0 Å². The first-order valence-electron chi connectivity index (χ1n) is 4.39. The fraction of sp³-hybridized carbons (Fsp3) is 0.100. The number of aliphatic hydroxyl groups is 1. The van der Waals surface area contributed by atoms with Crippen LogP contribution in [0.15, 0.2) is 35.8 Å². The predicted molar refractivity (Wildman–Crippen MR) is 64.9 cm³/mol. The fourth-order valence-electron chi connectivity index (χ4n) is 1.12. The molecule has 0 amide bonds. The third-order valence-corrected chi connectivity index (χ3v) is 3.61. The molecule has 0 saturated carbocycles. The van der Waals surface area contributed by atoms with Crippen LogP contribution < -0.4 is 0 Å². The van der Waals surface area contributed by atoms with Crippen molar-refractivity contribution in [1.29, 1.82) is 0 Å². The van der Waals surface area contributed by atoms with Gasteiger partial charge in [-0.25, -0.2) is 0 Å². The lowest BCUT2D eigenvalue weighted by Crippen LogP contribution is -1.95. The van der Waals surface area contributed by atoms with Crippen molar-refractivity contribution in [3.05, 3.63) is 50.9 Å². The van der Waals surface area contributed by atoms with Gasteiger partial charge in [0.25, 0.3) is 5.95 Å². The first kappa shape index (κ1) is 11.5. The summed E-state index contributed by atoms with van der Waals surface area (Å²) in [6, 6.07) is 0. The van der Waals surface area contributed by atoms with Crippen LogP contribution in [0.3, 0.4) is 0 Å². The lowest BCUT2D eigenvalue weighted by Gasteiger charge is -2.04. The maximum Gasteiger partial charge on any atom is 0.284 e. The molecule has 0 atom stereocenters. The molecule has 1 aromatic rings. The fourth-order valence-corrected chi connectivity index (χ4v) is 2.11. The van der Waals surface area contributed by atoms with Gasteiger partial charge < -0.3 is 9.84 Å². The number of ether oxygens (including phenoxy) is 1. The van der Waals surface area contributed by atoms with E-state index in [-0.39, 0.29) is 12.6 Å². The van der Waals surface area contributed by atoms with Crippen LogP contribution in [0.4, 0.5) is 0 Å². The zero-order chi connectivity index (χ0) is 11.5. The molecule has 1 heterocycles. The number of hydrogen-bond donors (Lipinski definition) is 1. The summed E-state index contributed by atoms with van der Waals surface area (Å²) in [5.74, 6) is -0.148. The zero-order valence-electron chi connectivity index (χ0n) is 7.98. The number of rotatable bonds is 3. The molecule has 3 nitrogen and oxygen atoms in total. The summed E-state index contributed by atoms with van der Waals surface area (Å²) in [5, 5.41) is 9.94. The van der Waals surface area contributed by atoms with E-state index in [0.717, 1.165) is 11.5 Å². The van der Waals surface area contributed by atoms with Gasteiger partial charge in [-0.1, -0.05) is 35.4 Å². The standard InChI is InChI=1S/C10H7Cl2NO2S/c11-8-7(13-16-9(8)12)5-15-10(14)6-3-1-2-4-6/h1-4,14H,5H2. The molecule has 0 fully saturated rings. The van der Waals surface area contributed by atoms with Crippen LogP contribution in [0.1, 0.15) is 5.69 Å². The molecule has 0 unspecified atom stereocenters. The van der Waals surface area contributed by atoms with Gasteiger partial charge in [0.05, 0.1) is 10.6 Å². The SMILES string of the molecule is OC(OCc1nsc(Cl)c1Cl)=C1C=CC=C1. The van der Waals surface area contributed by atoms with E-state index in [0.29, 0.717) is 20.6 Å². The summed E-state index contributed by atoms with van der Waals surface area (Å²) in [6.45, 7) is 0.0963. The highest BCUT2D eigenvalue weighted by atomic mass is 35.5. The van der Waals surface area contributed by atoms with Gasteiger partial charge in [-0.15, -0.1) is 0 Å². The summed E-state index contributed by atoms with van der Waals surface area (Å²) >= 11 is 12.7. The topological polar surface area (TPSA) is 42.4 Å². The summed E-state index contributed by atoms with van der Waals surface area (Å²) < 4.78 is 9.56. The van der Waals surface area contributed by atoms with Gasteiger partial charge in [0.15, 0.2) is 0 Å². The zero-order valence-corrected chi connectivity index (χ0v) is 10.3. The van der Waals surface area contributed by atoms with Crippen LogP contribution in [0.25, 0.3) is 0 Å². The Hall–Kier alpha value is -0.970. The van der Waals surface area contributed by atoms with Crippen LogP contribution in [-0.2, 0) is 11.3 Å². The number of nitrogens with zero attached hydrogens (tertiary/aromatic N) is 1. The van der Waals surface area contributed by atoms with Crippen LogP contribution >= 0.6 is 34.7 Å². The van der Waals surface area contributed by atoms with E-state index >= 15 is 0 Å². The van der Waals surface area contributed by atoms with Gasteiger partial charge in [-0.05, 0) is 23.7 Å². The molecule has 1 N–H and O–H groups in total. The van der Waals surface area contributed by atoms with E-state index in [1.807, 2.05) is 12.2 Å². The third-order valence-electron chi connectivity index (χ3n) is 1.92. The Bertz CT molecular complexity index is 477. The molecule has 84 valence electrons. The summed E-state index contributed by atoms with van der Waals surface area (Å²) in [4.78, 5) is 0. The summed E-state index contributed by atoms with van der Waals surface area (Å²) in [7, 11) is 0. The molecule has 0 saturated heterocycles. The molecular weight excluding hydrogens is 269 g/mol. The minimum absolute atomic E-state index is 0.0963. The van der Waals surface area contributed by atoms with Crippen molar-refractivity contribution in [3.8, 4) is 0 Å². The van der Waals surface area contributed by atoms with Gasteiger partial charge in [-0.2, -0.15) is 4.37 Å². The van der Waals surface area contributed by atoms with Gasteiger partial charge >= 0.3 is 0 Å². The molecule has 0 bridgehead atoms. The van der Waals surface area contributed by atoms with Crippen LogP contribution in [0, 0.1) is 0 Å². The molecular formula is C10H7Cl2NO2S. The predicted octanol–water partition coefficient (Wildman–Crippen LogP) is 3.86. The molecule has 6 heteroatoms. The highest BCUT2D eigenvalue weighted by Crippen LogP contribution is 2.30. The van der Waals surface area contributed by atoms with Crippen molar-refractivity contribution in [2.24, 2.45) is 0 Å². The summed E-state index contributed by atoms with van der Waals surface area (Å²) in [5.41, 5.74) is 1.15. The normalized spacial score (nSPS) is 13.5. The Labute approximate surface area is 106 Å². The Morgan fingerprint density at radius 2 is 2.06 bits per heavy atom. The van der Waals surface area contributed by atoms with Crippen molar-refractivity contribution >= 4 is 34.7 Å². The van der Waals surface area contributed by atoms with Gasteiger partial charge in [-0.3, -0.25) is 0 Å². The van der Waals surface area contributed by atoms with E-state index in [9.17, 15) is 5.11 Å². The van der Waals surface area contributed by atoms with Crippen molar-refractivity contribution in [2.75, 3.05) is 0 Å². The maximum absolute atomic E-state index is 9.56. The second-order valence-corrected chi connectivity index (χ2v) is 4.74. The second-order valence-electron chi connectivity index (χ2n) is 2.98. The van der Waals surface area contributed by atoms with Crippen LogP contribution in [0.5, 0.6) is 0 Å². The Morgan fingerprint density at radius 3 is 2.62 bits per heavy atom. The van der Waals surface area contributed by atoms with Gasteiger partial charge in [0.2, 0.25) is 0 Å². The quantitative estimate of drug-likeness (QED) is 0.852. The van der Waals surface area contributed by atoms with Crippen molar-refractivity contribution in [2.45, 2.75) is 6.61 Å². The molecule has 1 aliphatic carbocycles. The molecule has 0 aliphatic heterocycles.